The van der Waals surface area contributed by atoms with Gasteiger partial charge in [-0.25, -0.2) is 13.6 Å². The summed E-state index contributed by atoms with van der Waals surface area (Å²) >= 11 is 0. The smallest absolute Gasteiger partial charge is 0.213 e. The summed E-state index contributed by atoms with van der Waals surface area (Å²) in [5, 5.41) is 8.27. The van der Waals surface area contributed by atoms with Crippen LogP contribution in [0.25, 0.3) is 0 Å². The fourth-order valence-electron chi connectivity index (χ4n) is 1.32. The lowest BCUT2D eigenvalue weighted by molar-refractivity contribution is 0.443. The van der Waals surface area contributed by atoms with E-state index in [4.69, 9.17) is 5.14 Å². The van der Waals surface area contributed by atoms with Crippen molar-refractivity contribution in [3.05, 3.63) is 29.8 Å². The fraction of sp³-hybridized carbons (Fsp3) is 0.500. The highest BCUT2D eigenvalue weighted by molar-refractivity contribution is 7.88. The highest BCUT2D eigenvalue weighted by Gasteiger charge is 2.09. The molecule has 0 spiro atoms. The zero-order valence-corrected chi connectivity index (χ0v) is 11.3. The van der Waals surface area contributed by atoms with Crippen LogP contribution in [-0.2, 0) is 15.8 Å². The average Bonchev–Trinajstić information content (AvgIpc) is 2.13. The van der Waals surface area contributed by atoms with Gasteiger partial charge >= 0.3 is 0 Å². The lowest BCUT2D eigenvalue weighted by Crippen LogP contribution is -2.19. The largest absolute Gasteiger partial charge is 0.385 e. The van der Waals surface area contributed by atoms with Crippen molar-refractivity contribution in [2.75, 3.05) is 11.9 Å². The van der Waals surface area contributed by atoms with Gasteiger partial charge in [-0.15, -0.1) is 0 Å². The number of hydrogen-bond donors (Lipinski definition) is 2. The standard InChI is InChI=1S/C12H20N2O2S/c1-12(2,3)9-14-11-6-4-10(5-7-11)8-17(13,15)16/h4-7,14H,8-9H2,1-3H3,(H2,13,15,16). The summed E-state index contributed by atoms with van der Waals surface area (Å²) in [4.78, 5) is 0. The molecule has 0 amide bonds. The summed E-state index contributed by atoms with van der Waals surface area (Å²) in [7, 11) is -3.45. The first kappa shape index (κ1) is 14.0. The quantitative estimate of drug-likeness (QED) is 0.864. The Kier molecular flexibility index (Phi) is 4.16. The van der Waals surface area contributed by atoms with Crippen molar-refractivity contribution in [2.45, 2.75) is 26.5 Å². The van der Waals surface area contributed by atoms with E-state index >= 15 is 0 Å². The van der Waals surface area contributed by atoms with E-state index in [0.29, 0.717) is 5.56 Å². The summed E-state index contributed by atoms with van der Waals surface area (Å²) in [6.07, 6.45) is 0. The van der Waals surface area contributed by atoms with Gasteiger partial charge in [0.15, 0.2) is 0 Å². The van der Waals surface area contributed by atoms with Crippen LogP contribution < -0.4 is 10.5 Å². The first-order valence-corrected chi connectivity index (χ1v) is 7.21. The second-order valence-corrected chi connectivity index (χ2v) is 7.03. The third-order valence-electron chi connectivity index (χ3n) is 2.14. The number of primary sulfonamides is 1. The molecule has 1 aromatic carbocycles. The number of sulfonamides is 1. The van der Waals surface area contributed by atoms with Crippen LogP contribution in [0.3, 0.4) is 0 Å². The Morgan fingerprint density at radius 1 is 1.18 bits per heavy atom. The number of nitrogens with two attached hydrogens (primary N) is 1. The van der Waals surface area contributed by atoms with Gasteiger partial charge in [-0.1, -0.05) is 32.9 Å². The second-order valence-electron chi connectivity index (χ2n) is 5.42. The topological polar surface area (TPSA) is 72.2 Å². The molecule has 0 aliphatic rings. The van der Waals surface area contributed by atoms with Crippen LogP contribution >= 0.6 is 0 Å². The Balaban J connectivity index is 2.63. The van der Waals surface area contributed by atoms with E-state index in [9.17, 15) is 8.42 Å². The molecule has 17 heavy (non-hydrogen) atoms. The first-order valence-electron chi connectivity index (χ1n) is 5.49. The third kappa shape index (κ3) is 6.28. The molecular weight excluding hydrogens is 236 g/mol. The summed E-state index contributed by atoms with van der Waals surface area (Å²) in [6, 6.07) is 7.28. The Morgan fingerprint density at radius 2 is 1.71 bits per heavy atom. The van der Waals surface area contributed by atoms with Crippen molar-refractivity contribution in [2.24, 2.45) is 10.6 Å². The number of rotatable bonds is 4. The van der Waals surface area contributed by atoms with Crippen LogP contribution in [0.4, 0.5) is 5.69 Å². The number of hydrogen-bond acceptors (Lipinski definition) is 3. The van der Waals surface area contributed by atoms with E-state index in [2.05, 4.69) is 26.1 Å². The maximum atomic E-state index is 10.9. The van der Waals surface area contributed by atoms with E-state index in [1.807, 2.05) is 12.1 Å². The van der Waals surface area contributed by atoms with E-state index < -0.39 is 10.0 Å². The van der Waals surface area contributed by atoms with Gasteiger partial charge in [-0.3, -0.25) is 0 Å². The Labute approximate surface area is 103 Å². The van der Waals surface area contributed by atoms with E-state index in [1.54, 1.807) is 12.1 Å². The third-order valence-corrected chi connectivity index (χ3v) is 2.88. The van der Waals surface area contributed by atoms with Gasteiger partial charge in [0.05, 0.1) is 5.75 Å². The van der Waals surface area contributed by atoms with Crippen LogP contribution in [-0.4, -0.2) is 15.0 Å². The molecule has 96 valence electrons. The first-order chi connectivity index (χ1) is 7.66. The van der Waals surface area contributed by atoms with Crippen LogP contribution in [0.15, 0.2) is 24.3 Å². The van der Waals surface area contributed by atoms with Gasteiger partial charge in [0.2, 0.25) is 10.0 Å². The van der Waals surface area contributed by atoms with Gasteiger partial charge < -0.3 is 5.32 Å². The molecule has 0 radical (unpaired) electrons. The highest BCUT2D eigenvalue weighted by atomic mass is 32.2. The van der Waals surface area contributed by atoms with Crippen molar-refractivity contribution in [1.29, 1.82) is 0 Å². The molecule has 0 unspecified atom stereocenters. The van der Waals surface area contributed by atoms with Crippen molar-refractivity contribution in [3.8, 4) is 0 Å². The predicted octanol–water partition coefficient (Wildman–Crippen LogP) is 1.93. The molecule has 1 aromatic rings. The Hall–Kier alpha value is -1.07. The normalized spacial score (nSPS) is 12.5. The minimum absolute atomic E-state index is 0.119. The van der Waals surface area contributed by atoms with Crippen molar-refractivity contribution < 1.29 is 8.42 Å². The van der Waals surface area contributed by atoms with Crippen LogP contribution in [0, 0.1) is 5.41 Å². The highest BCUT2D eigenvalue weighted by Crippen LogP contribution is 2.16. The molecule has 4 nitrogen and oxygen atoms in total. The zero-order valence-electron chi connectivity index (χ0n) is 10.5. The number of nitrogens with one attached hydrogen (secondary N) is 1. The summed E-state index contributed by atoms with van der Waals surface area (Å²) in [6.45, 7) is 7.31. The lowest BCUT2D eigenvalue weighted by Gasteiger charge is -2.19. The van der Waals surface area contributed by atoms with Gasteiger partial charge in [-0.2, -0.15) is 0 Å². The molecule has 3 N–H and O–H groups in total. The van der Waals surface area contributed by atoms with Crippen molar-refractivity contribution in [3.63, 3.8) is 0 Å². The molecule has 0 fully saturated rings. The fourth-order valence-corrected chi connectivity index (χ4v) is 1.98. The summed E-state index contributed by atoms with van der Waals surface area (Å²) < 4.78 is 21.8. The van der Waals surface area contributed by atoms with Gasteiger partial charge in [0.1, 0.15) is 0 Å². The molecule has 0 aliphatic heterocycles. The SMILES string of the molecule is CC(C)(C)CNc1ccc(CS(N)(=O)=O)cc1. The van der Waals surface area contributed by atoms with Gasteiger partial charge in [-0.05, 0) is 23.1 Å². The number of anilines is 1. The predicted molar refractivity (Wildman–Crippen MR) is 71.2 cm³/mol. The van der Waals surface area contributed by atoms with E-state index in [-0.39, 0.29) is 11.2 Å². The molecule has 5 heteroatoms. The molecule has 0 aromatic heterocycles. The molecule has 1 rings (SSSR count). The molecule has 0 bridgehead atoms. The Bertz CT molecular complexity index is 458. The van der Waals surface area contributed by atoms with Crippen molar-refractivity contribution in [1.82, 2.24) is 0 Å². The van der Waals surface area contributed by atoms with E-state index in [1.165, 1.54) is 0 Å². The molecule has 0 heterocycles. The summed E-state index contributed by atoms with van der Waals surface area (Å²) in [5.41, 5.74) is 1.89. The van der Waals surface area contributed by atoms with Crippen LogP contribution in [0.5, 0.6) is 0 Å². The van der Waals surface area contributed by atoms with Crippen molar-refractivity contribution >= 4 is 15.7 Å². The van der Waals surface area contributed by atoms with Gasteiger partial charge in [0, 0.05) is 12.2 Å². The molecular formula is C12H20N2O2S. The lowest BCUT2D eigenvalue weighted by atomic mass is 9.97. The van der Waals surface area contributed by atoms with Crippen LogP contribution in [0.1, 0.15) is 26.3 Å². The monoisotopic (exact) mass is 256 g/mol. The zero-order chi connectivity index (χ0) is 13.1. The second kappa shape index (κ2) is 5.06. The Morgan fingerprint density at radius 3 is 2.12 bits per heavy atom. The molecule has 0 aliphatic carbocycles. The van der Waals surface area contributed by atoms with Crippen LogP contribution in [0.2, 0.25) is 0 Å². The van der Waals surface area contributed by atoms with E-state index in [0.717, 1.165) is 12.2 Å². The maximum absolute atomic E-state index is 10.9. The molecule has 0 atom stereocenters. The minimum Gasteiger partial charge on any atom is -0.385 e. The molecule has 0 saturated heterocycles. The summed E-state index contributed by atoms with van der Waals surface area (Å²) in [5.74, 6) is -0.119. The number of benzene rings is 1. The van der Waals surface area contributed by atoms with Gasteiger partial charge in [0.25, 0.3) is 0 Å². The minimum atomic E-state index is -3.45. The average molecular weight is 256 g/mol. The maximum Gasteiger partial charge on any atom is 0.213 e. The molecule has 0 saturated carbocycles.